The van der Waals surface area contributed by atoms with Crippen molar-refractivity contribution in [3.05, 3.63) is 39.4 Å². The van der Waals surface area contributed by atoms with E-state index in [4.69, 9.17) is 0 Å². The average molecular weight is 298 g/mol. The Morgan fingerprint density at radius 2 is 1.75 bits per heavy atom. The number of nitro groups is 1. The highest BCUT2D eigenvalue weighted by molar-refractivity contribution is 5.73. The van der Waals surface area contributed by atoms with Crippen molar-refractivity contribution in [3.63, 3.8) is 0 Å². The molecular weight excluding hydrogens is 293 g/mol. The summed E-state index contributed by atoms with van der Waals surface area (Å²) in [5.41, 5.74) is -3.71. The van der Waals surface area contributed by atoms with Crippen LogP contribution in [0.4, 0.5) is 27.6 Å². The van der Waals surface area contributed by atoms with Crippen LogP contribution in [0.2, 0.25) is 0 Å². The normalized spacial score (nSPS) is 12.2. The van der Waals surface area contributed by atoms with Crippen molar-refractivity contribution in [2.45, 2.75) is 18.5 Å². The Balaban J connectivity index is 3.33. The molecule has 0 aliphatic rings. The Morgan fingerprint density at radius 3 is 2.15 bits per heavy atom. The summed E-state index contributed by atoms with van der Waals surface area (Å²) in [5.74, 6) is -7.35. The van der Waals surface area contributed by atoms with Crippen molar-refractivity contribution < 1.29 is 36.8 Å². The molecule has 1 aromatic rings. The molecule has 0 bridgehead atoms. The van der Waals surface area contributed by atoms with Crippen LogP contribution in [-0.2, 0) is 17.4 Å². The predicted molar refractivity (Wildman–Crippen MR) is 51.8 cm³/mol. The van der Waals surface area contributed by atoms with Crippen LogP contribution in [0.3, 0.4) is 0 Å². The Labute approximate surface area is 107 Å². The van der Waals surface area contributed by atoms with Gasteiger partial charge < -0.3 is 9.90 Å². The van der Waals surface area contributed by atoms with Gasteiger partial charge in [-0.3, -0.25) is 10.1 Å². The van der Waals surface area contributed by atoms with Gasteiger partial charge in [-0.15, -0.1) is 0 Å². The molecule has 0 fully saturated rings. The summed E-state index contributed by atoms with van der Waals surface area (Å²) in [6.45, 7) is 0. The summed E-state index contributed by atoms with van der Waals surface area (Å²) in [6.07, 6.45) is -6.91. The molecule has 1 rings (SSSR count). The number of hydrogen-bond donors (Lipinski definition) is 0. The summed E-state index contributed by atoms with van der Waals surface area (Å²) >= 11 is 0. The minimum Gasteiger partial charge on any atom is -0.544 e. The Kier molecular flexibility index (Phi) is 3.97. The van der Waals surface area contributed by atoms with Crippen LogP contribution < -0.4 is 5.11 Å². The third-order valence-electron chi connectivity index (χ3n) is 2.32. The largest absolute Gasteiger partial charge is 0.544 e. The van der Waals surface area contributed by atoms with E-state index in [1.165, 1.54) is 0 Å². The molecule has 20 heavy (non-hydrogen) atoms. The first-order valence-corrected chi connectivity index (χ1v) is 4.89. The van der Waals surface area contributed by atoms with Crippen LogP contribution in [0.5, 0.6) is 0 Å². The highest BCUT2D eigenvalue weighted by Gasteiger charge is 2.39. The van der Waals surface area contributed by atoms with E-state index in [0.717, 1.165) is 0 Å². The second-order valence-corrected chi connectivity index (χ2v) is 3.77. The van der Waals surface area contributed by atoms with E-state index in [-0.39, 0.29) is 6.07 Å². The maximum Gasteiger partial charge on any atom is 0.416 e. The van der Waals surface area contributed by atoms with Crippen molar-refractivity contribution in [1.82, 2.24) is 0 Å². The number of carboxylic acids is 1. The van der Waals surface area contributed by atoms with Gasteiger partial charge in [0.25, 0.3) is 11.6 Å². The number of non-ortho nitro benzene ring substituents is 1. The first-order chi connectivity index (χ1) is 8.95. The molecule has 0 amide bonds. The van der Waals surface area contributed by atoms with Gasteiger partial charge >= 0.3 is 6.18 Å². The Bertz CT molecular complexity index is 555. The molecule has 0 saturated heterocycles. The van der Waals surface area contributed by atoms with E-state index in [2.05, 4.69) is 0 Å². The van der Waals surface area contributed by atoms with Crippen LogP contribution in [0.15, 0.2) is 18.2 Å². The average Bonchev–Trinajstić information content (AvgIpc) is 2.26. The third-order valence-corrected chi connectivity index (χ3v) is 2.32. The molecule has 5 nitrogen and oxygen atoms in total. The van der Waals surface area contributed by atoms with Crippen molar-refractivity contribution in [3.8, 4) is 0 Å². The number of carbonyl (C=O) groups is 1. The van der Waals surface area contributed by atoms with Gasteiger partial charge in [-0.1, -0.05) is 6.07 Å². The van der Waals surface area contributed by atoms with Gasteiger partial charge in [-0.05, 0) is 5.56 Å². The van der Waals surface area contributed by atoms with Gasteiger partial charge in [0.05, 0.1) is 10.5 Å². The summed E-state index contributed by atoms with van der Waals surface area (Å²) in [4.78, 5) is 19.4. The Hall–Kier alpha value is -2.26. The predicted octanol–water partition coefficient (Wildman–Crippen LogP) is 1.54. The molecule has 0 spiro atoms. The lowest BCUT2D eigenvalue weighted by molar-refractivity contribution is -0.385. The van der Waals surface area contributed by atoms with Gasteiger partial charge in [0.1, 0.15) is 5.97 Å². The number of nitrogens with zero attached hydrogens (tertiary/aromatic N) is 1. The molecule has 0 aliphatic carbocycles. The van der Waals surface area contributed by atoms with E-state index in [0.29, 0.717) is 12.1 Å². The Morgan fingerprint density at radius 1 is 1.20 bits per heavy atom. The van der Waals surface area contributed by atoms with E-state index < -0.39 is 46.2 Å². The van der Waals surface area contributed by atoms with Gasteiger partial charge in [0.15, 0.2) is 0 Å². The zero-order valence-corrected chi connectivity index (χ0v) is 9.41. The summed E-state index contributed by atoms with van der Waals surface area (Å²) in [6, 6.07) is 1.09. The molecule has 0 heterocycles. The van der Waals surface area contributed by atoms with Gasteiger partial charge in [-0.25, -0.2) is 0 Å². The standard InChI is InChI=1S/C10H6F5NO4/c11-9(12,8(17)18)4-5-1-2-6(16(19)20)3-7(5)10(13,14)15/h1-3H,4H2,(H,17,18)/p-1. The highest BCUT2D eigenvalue weighted by Crippen LogP contribution is 2.36. The quantitative estimate of drug-likeness (QED) is 0.479. The van der Waals surface area contributed by atoms with E-state index in [1.807, 2.05) is 0 Å². The third kappa shape index (κ3) is 3.39. The van der Waals surface area contributed by atoms with Crippen molar-refractivity contribution >= 4 is 11.7 Å². The lowest BCUT2D eigenvalue weighted by atomic mass is 10.00. The van der Waals surface area contributed by atoms with Crippen LogP contribution >= 0.6 is 0 Å². The molecule has 0 unspecified atom stereocenters. The smallest absolute Gasteiger partial charge is 0.416 e. The summed E-state index contributed by atoms with van der Waals surface area (Å²) in [5, 5.41) is 20.5. The zero-order valence-electron chi connectivity index (χ0n) is 9.41. The first kappa shape index (κ1) is 15.8. The number of benzene rings is 1. The van der Waals surface area contributed by atoms with E-state index >= 15 is 0 Å². The van der Waals surface area contributed by atoms with Crippen LogP contribution in [0.1, 0.15) is 11.1 Å². The summed E-state index contributed by atoms with van der Waals surface area (Å²) in [7, 11) is 0. The molecule has 0 radical (unpaired) electrons. The molecule has 0 atom stereocenters. The lowest BCUT2D eigenvalue weighted by Crippen LogP contribution is -2.43. The molecular formula is C10H5F5NO4-. The topological polar surface area (TPSA) is 83.3 Å². The summed E-state index contributed by atoms with van der Waals surface area (Å²) < 4.78 is 63.7. The number of carbonyl (C=O) groups excluding carboxylic acids is 1. The highest BCUT2D eigenvalue weighted by atomic mass is 19.4. The monoisotopic (exact) mass is 298 g/mol. The fraction of sp³-hybridized carbons (Fsp3) is 0.300. The number of nitro benzene ring substituents is 1. The molecule has 0 N–H and O–H groups in total. The van der Waals surface area contributed by atoms with Crippen LogP contribution in [0, 0.1) is 10.1 Å². The second kappa shape index (κ2) is 5.02. The molecule has 0 aromatic heterocycles. The molecule has 0 saturated carbocycles. The second-order valence-electron chi connectivity index (χ2n) is 3.77. The van der Waals surface area contributed by atoms with Crippen molar-refractivity contribution in [2.75, 3.05) is 0 Å². The van der Waals surface area contributed by atoms with E-state index in [9.17, 15) is 42.0 Å². The molecule has 10 heteroatoms. The molecule has 1 aromatic carbocycles. The number of alkyl halides is 5. The fourth-order valence-electron chi connectivity index (χ4n) is 1.41. The van der Waals surface area contributed by atoms with E-state index in [1.54, 1.807) is 0 Å². The van der Waals surface area contributed by atoms with Gasteiger partial charge in [0, 0.05) is 18.6 Å². The number of aliphatic carboxylic acids is 1. The maximum atomic E-state index is 12.9. The minimum atomic E-state index is -5.14. The zero-order chi connectivity index (χ0) is 15.7. The minimum absolute atomic E-state index is 0.0701. The maximum absolute atomic E-state index is 12.9. The molecule has 110 valence electrons. The first-order valence-electron chi connectivity index (χ1n) is 4.89. The van der Waals surface area contributed by atoms with Gasteiger partial charge in [0.2, 0.25) is 0 Å². The SMILES string of the molecule is O=C([O-])C(F)(F)Cc1ccc([N+](=O)[O-])cc1C(F)(F)F. The van der Waals surface area contributed by atoms with Crippen molar-refractivity contribution in [2.24, 2.45) is 0 Å². The lowest BCUT2D eigenvalue weighted by Gasteiger charge is -2.19. The fourth-order valence-corrected chi connectivity index (χ4v) is 1.41. The van der Waals surface area contributed by atoms with Crippen LogP contribution in [0.25, 0.3) is 0 Å². The number of halogens is 5. The van der Waals surface area contributed by atoms with Crippen LogP contribution in [-0.4, -0.2) is 16.8 Å². The van der Waals surface area contributed by atoms with Crippen molar-refractivity contribution in [1.29, 1.82) is 0 Å². The molecule has 0 aliphatic heterocycles. The van der Waals surface area contributed by atoms with Gasteiger partial charge in [-0.2, -0.15) is 22.0 Å². The number of hydrogen-bond acceptors (Lipinski definition) is 4. The number of carboxylic acid groups (broad SMARTS) is 1. The number of rotatable bonds is 4.